The molecule has 1 aliphatic rings. The fraction of sp³-hybridized carbons (Fsp3) is 0.571. The quantitative estimate of drug-likeness (QED) is 0.592. The van der Waals surface area contributed by atoms with Crippen LogP contribution in [0.25, 0.3) is 0 Å². The summed E-state index contributed by atoms with van der Waals surface area (Å²) in [6, 6.07) is 4.49. The van der Waals surface area contributed by atoms with Gasteiger partial charge in [0.25, 0.3) is 0 Å². The molecule has 0 bridgehead atoms. The van der Waals surface area contributed by atoms with E-state index in [0.717, 1.165) is 43.5 Å². The third-order valence-corrected chi connectivity index (χ3v) is 5.48. The number of anilines is 1. The minimum Gasteiger partial charge on any atom is -0.357 e. The van der Waals surface area contributed by atoms with Gasteiger partial charge in [0, 0.05) is 51.7 Å². The van der Waals surface area contributed by atoms with E-state index in [9.17, 15) is 0 Å². The molecule has 0 aliphatic carbocycles. The van der Waals surface area contributed by atoms with E-state index in [0.29, 0.717) is 0 Å². The van der Waals surface area contributed by atoms with Gasteiger partial charge in [-0.2, -0.15) is 5.10 Å². The SMILES string of the molecule is CN=C(NCc1ccnc(N2CCCC2)c1)NC(C)Cc1c(C)nn(C)c1C. The van der Waals surface area contributed by atoms with E-state index >= 15 is 0 Å². The van der Waals surface area contributed by atoms with Crippen molar-refractivity contribution < 1.29 is 0 Å². The number of aromatic nitrogens is 3. The van der Waals surface area contributed by atoms with Crippen molar-refractivity contribution in [3.05, 3.63) is 40.8 Å². The lowest BCUT2D eigenvalue weighted by molar-refractivity contribution is 0.635. The van der Waals surface area contributed by atoms with Crippen LogP contribution in [-0.2, 0) is 20.0 Å². The lowest BCUT2D eigenvalue weighted by atomic mass is 10.1. The zero-order valence-corrected chi connectivity index (χ0v) is 17.8. The molecule has 0 radical (unpaired) electrons. The molecule has 152 valence electrons. The topological polar surface area (TPSA) is 70.4 Å². The van der Waals surface area contributed by atoms with Gasteiger partial charge in [0.15, 0.2) is 5.96 Å². The van der Waals surface area contributed by atoms with Crippen molar-refractivity contribution in [1.29, 1.82) is 0 Å². The summed E-state index contributed by atoms with van der Waals surface area (Å²) in [5.41, 5.74) is 4.84. The minimum atomic E-state index is 0.255. The molecule has 1 atom stereocenters. The molecule has 7 heteroatoms. The normalized spacial score (nSPS) is 15.8. The minimum absolute atomic E-state index is 0.255. The summed E-state index contributed by atoms with van der Waals surface area (Å²) in [6.07, 6.45) is 5.33. The number of pyridine rings is 1. The molecule has 2 N–H and O–H groups in total. The van der Waals surface area contributed by atoms with Gasteiger partial charge in [-0.25, -0.2) is 4.98 Å². The molecule has 1 aliphatic heterocycles. The van der Waals surface area contributed by atoms with Gasteiger partial charge in [-0.3, -0.25) is 9.67 Å². The first-order valence-corrected chi connectivity index (χ1v) is 10.1. The lowest BCUT2D eigenvalue weighted by Crippen LogP contribution is -2.42. The van der Waals surface area contributed by atoms with Crippen LogP contribution in [0.1, 0.15) is 42.3 Å². The molecular formula is C21H33N7. The van der Waals surface area contributed by atoms with E-state index in [4.69, 9.17) is 0 Å². The van der Waals surface area contributed by atoms with Gasteiger partial charge >= 0.3 is 0 Å². The first-order valence-electron chi connectivity index (χ1n) is 10.1. The van der Waals surface area contributed by atoms with E-state index < -0.39 is 0 Å². The first kappa shape index (κ1) is 20.2. The Hall–Kier alpha value is -2.57. The Bertz CT molecular complexity index is 818. The molecule has 0 amide bonds. The van der Waals surface area contributed by atoms with Gasteiger partial charge in [-0.1, -0.05) is 0 Å². The van der Waals surface area contributed by atoms with Crippen molar-refractivity contribution in [2.75, 3.05) is 25.0 Å². The van der Waals surface area contributed by atoms with Crippen LogP contribution in [0.4, 0.5) is 5.82 Å². The van der Waals surface area contributed by atoms with Crippen LogP contribution in [-0.4, -0.2) is 46.9 Å². The summed E-state index contributed by atoms with van der Waals surface area (Å²) in [5, 5.41) is 11.4. The zero-order chi connectivity index (χ0) is 20.1. The monoisotopic (exact) mass is 383 g/mol. The second kappa shape index (κ2) is 9.08. The van der Waals surface area contributed by atoms with Crippen LogP contribution in [0.5, 0.6) is 0 Å². The summed E-state index contributed by atoms with van der Waals surface area (Å²) >= 11 is 0. The van der Waals surface area contributed by atoms with Gasteiger partial charge in [-0.05, 0) is 63.3 Å². The van der Waals surface area contributed by atoms with Crippen LogP contribution in [0.15, 0.2) is 23.3 Å². The highest BCUT2D eigenvalue weighted by molar-refractivity contribution is 5.80. The van der Waals surface area contributed by atoms with Crippen LogP contribution in [0, 0.1) is 13.8 Å². The van der Waals surface area contributed by atoms with Gasteiger partial charge in [0.05, 0.1) is 5.69 Å². The average molecular weight is 384 g/mol. The maximum atomic E-state index is 4.53. The fourth-order valence-corrected chi connectivity index (χ4v) is 3.77. The molecule has 0 spiro atoms. The average Bonchev–Trinajstić information content (AvgIpc) is 3.30. The molecule has 0 aromatic carbocycles. The van der Waals surface area contributed by atoms with Crippen LogP contribution in [0.2, 0.25) is 0 Å². The van der Waals surface area contributed by atoms with E-state index in [1.807, 2.05) is 25.0 Å². The van der Waals surface area contributed by atoms with Crippen LogP contribution < -0.4 is 15.5 Å². The summed E-state index contributed by atoms with van der Waals surface area (Å²) in [6.45, 7) is 9.31. The molecule has 1 saturated heterocycles. The van der Waals surface area contributed by atoms with E-state index in [1.54, 1.807) is 0 Å². The Morgan fingerprint density at radius 1 is 1.29 bits per heavy atom. The lowest BCUT2D eigenvalue weighted by Gasteiger charge is -2.19. The summed E-state index contributed by atoms with van der Waals surface area (Å²) in [5.74, 6) is 1.89. The Kier molecular flexibility index (Phi) is 6.54. The van der Waals surface area contributed by atoms with Crippen molar-refractivity contribution in [3.63, 3.8) is 0 Å². The third kappa shape index (κ3) is 4.82. The van der Waals surface area contributed by atoms with Crippen molar-refractivity contribution in [2.45, 2.75) is 52.6 Å². The van der Waals surface area contributed by atoms with Crippen molar-refractivity contribution in [1.82, 2.24) is 25.4 Å². The highest BCUT2D eigenvalue weighted by Gasteiger charge is 2.15. The van der Waals surface area contributed by atoms with Gasteiger partial charge in [0.1, 0.15) is 5.82 Å². The summed E-state index contributed by atoms with van der Waals surface area (Å²) < 4.78 is 1.95. The maximum absolute atomic E-state index is 4.53. The van der Waals surface area contributed by atoms with Crippen LogP contribution in [0.3, 0.4) is 0 Å². The Balaban J connectivity index is 1.55. The second-order valence-corrected chi connectivity index (χ2v) is 7.66. The number of hydrogen-bond acceptors (Lipinski definition) is 4. The van der Waals surface area contributed by atoms with E-state index in [1.165, 1.54) is 29.7 Å². The predicted molar refractivity (Wildman–Crippen MR) is 115 cm³/mol. The Labute approximate surface area is 168 Å². The molecule has 1 unspecified atom stereocenters. The molecule has 1 fully saturated rings. The summed E-state index contributed by atoms with van der Waals surface area (Å²) in [4.78, 5) is 11.3. The molecule has 7 nitrogen and oxygen atoms in total. The second-order valence-electron chi connectivity index (χ2n) is 7.66. The third-order valence-electron chi connectivity index (χ3n) is 5.48. The molecule has 2 aromatic heterocycles. The zero-order valence-electron chi connectivity index (χ0n) is 17.8. The van der Waals surface area contributed by atoms with Crippen LogP contribution >= 0.6 is 0 Å². The molecule has 3 rings (SSSR count). The van der Waals surface area contributed by atoms with Gasteiger partial charge < -0.3 is 15.5 Å². The van der Waals surface area contributed by atoms with Crippen molar-refractivity contribution >= 4 is 11.8 Å². The first-order chi connectivity index (χ1) is 13.5. The number of nitrogens with one attached hydrogen (secondary N) is 2. The molecule has 28 heavy (non-hydrogen) atoms. The smallest absolute Gasteiger partial charge is 0.191 e. The fourth-order valence-electron chi connectivity index (χ4n) is 3.77. The van der Waals surface area contributed by atoms with Gasteiger partial charge in [0.2, 0.25) is 0 Å². The number of rotatable bonds is 6. The molecule has 3 heterocycles. The molecule has 2 aromatic rings. The largest absolute Gasteiger partial charge is 0.357 e. The van der Waals surface area contributed by atoms with Crippen molar-refractivity contribution in [2.24, 2.45) is 12.0 Å². The number of aryl methyl sites for hydroxylation is 2. The number of nitrogens with zero attached hydrogens (tertiary/aromatic N) is 5. The standard InChI is InChI=1S/C21H33N7/c1-15(12-19-16(2)26-27(5)17(19)3)25-21(22-4)24-14-18-8-9-23-20(13-18)28-10-6-7-11-28/h8-9,13,15H,6-7,10-12,14H2,1-5H3,(H2,22,24,25). The van der Waals surface area contributed by atoms with Crippen molar-refractivity contribution in [3.8, 4) is 0 Å². The van der Waals surface area contributed by atoms with Gasteiger partial charge in [-0.15, -0.1) is 0 Å². The predicted octanol–water partition coefficient (Wildman–Crippen LogP) is 2.33. The Morgan fingerprint density at radius 3 is 2.68 bits per heavy atom. The number of guanidine groups is 1. The van der Waals surface area contributed by atoms with E-state index in [2.05, 4.69) is 63.5 Å². The maximum Gasteiger partial charge on any atom is 0.191 e. The molecule has 0 saturated carbocycles. The highest BCUT2D eigenvalue weighted by atomic mass is 15.3. The molecular weight excluding hydrogens is 350 g/mol. The Morgan fingerprint density at radius 2 is 2.04 bits per heavy atom. The number of aliphatic imine (C=N–C) groups is 1. The summed E-state index contributed by atoms with van der Waals surface area (Å²) in [7, 11) is 3.81. The number of hydrogen-bond donors (Lipinski definition) is 2. The van der Waals surface area contributed by atoms with E-state index in [-0.39, 0.29) is 6.04 Å². The highest BCUT2D eigenvalue weighted by Crippen LogP contribution is 2.18.